The molecule has 0 saturated heterocycles. The predicted molar refractivity (Wildman–Crippen MR) is 130 cm³/mol. The molecular weight excluding hydrogens is 396 g/mol. The van der Waals surface area contributed by atoms with Crippen molar-refractivity contribution in [3.63, 3.8) is 0 Å². The number of fused-ring (bicyclic) bond motifs is 1. The van der Waals surface area contributed by atoms with Gasteiger partial charge in [0.2, 0.25) is 5.91 Å². The van der Waals surface area contributed by atoms with Crippen LogP contribution >= 0.6 is 0 Å². The van der Waals surface area contributed by atoms with Crippen LogP contribution < -0.4 is 10.1 Å². The summed E-state index contributed by atoms with van der Waals surface area (Å²) in [6, 6.07) is 24.9. The first-order chi connectivity index (χ1) is 15.6. The van der Waals surface area contributed by atoms with E-state index >= 15 is 0 Å². The lowest BCUT2D eigenvalue weighted by Gasteiger charge is -2.09. The maximum atomic E-state index is 12.4. The van der Waals surface area contributed by atoms with Crippen molar-refractivity contribution in [2.24, 2.45) is 0 Å². The summed E-state index contributed by atoms with van der Waals surface area (Å²) < 4.78 is 7.68. The molecule has 0 saturated carbocycles. The van der Waals surface area contributed by atoms with Crippen molar-refractivity contribution in [2.45, 2.75) is 39.3 Å². The van der Waals surface area contributed by atoms with Crippen LogP contribution in [0.3, 0.4) is 0 Å². The fraction of sp³-hybridized carbons (Fsp3) is 0.250. The smallest absolute Gasteiger partial charge is 0.220 e. The number of hydrogen-bond donors (Lipinski definition) is 1. The van der Waals surface area contributed by atoms with Gasteiger partial charge in [-0.15, -0.1) is 0 Å². The van der Waals surface area contributed by atoms with E-state index < -0.39 is 0 Å². The highest BCUT2D eigenvalue weighted by Crippen LogP contribution is 2.24. The van der Waals surface area contributed by atoms with Gasteiger partial charge in [-0.3, -0.25) is 4.79 Å². The molecule has 4 rings (SSSR count). The van der Waals surface area contributed by atoms with Crippen LogP contribution in [-0.4, -0.2) is 17.6 Å². The van der Waals surface area contributed by atoms with Crippen LogP contribution in [0.4, 0.5) is 0 Å². The number of para-hydroxylation sites is 2. The predicted octanol–water partition coefficient (Wildman–Crippen LogP) is 5.65. The quantitative estimate of drug-likeness (QED) is 0.376. The summed E-state index contributed by atoms with van der Waals surface area (Å²) in [4.78, 5) is 12.4. The third kappa shape index (κ3) is 5.20. The number of rotatable bonds is 9. The Morgan fingerprint density at radius 1 is 0.969 bits per heavy atom. The van der Waals surface area contributed by atoms with Crippen LogP contribution in [0.15, 0.2) is 79.0 Å². The second-order valence-corrected chi connectivity index (χ2v) is 8.23. The summed E-state index contributed by atoms with van der Waals surface area (Å²) in [5.74, 6) is 0.869. The van der Waals surface area contributed by atoms with E-state index in [1.54, 1.807) is 7.11 Å². The van der Waals surface area contributed by atoms with Crippen molar-refractivity contribution in [2.75, 3.05) is 7.11 Å². The maximum Gasteiger partial charge on any atom is 0.220 e. The van der Waals surface area contributed by atoms with Crippen molar-refractivity contribution in [1.82, 2.24) is 9.88 Å². The van der Waals surface area contributed by atoms with Gasteiger partial charge in [0.25, 0.3) is 0 Å². The summed E-state index contributed by atoms with van der Waals surface area (Å²) >= 11 is 0. The normalized spacial score (nSPS) is 10.9. The molecular formula is C28H30N2O2. The molecule has 1 heterocycles. The molecule has 0 spiro atoms. The first kappa shape index (κ1) is 21.7. The Labute approximate surface area is 189 Å². The van der Waals surface area contributed by atoms with Gasteiger partial charge in [-0.1, -0.05) is 66.2 Å². The van der Waals surface area contributed by atoms with Gasteiger partial charge >= 0.3 is 0 Å². The van der Waals surface area contributed by atoms with Gasteiger partial charge in [-0.25, -0.2) is 0 Å². The minimum atomic E-state index is 0.0689. The molecule has 0 fully saturated rings. The largest absolute Gasteiger partial charge is 0.496 e. The second-order valence-electron chi connectivity index (χ2n) is 8.23. The summed E-state index contributed by atoms with van der Waals surface area (Å²) in [5.41, 5.74) is 6.10. The zero-order valence-corrected chi connectivity index (χ0v) is 18.8. The third-order valence-corrected chi connectivity index (χ3v) is 5.82. The zero-order valence-electron chi connectivity index (χ0n) is 18.8. The van der Waals surface area contributed by atoms with Crippen molar-refractivity contribution >= 4 is 16.8 Å². The lowest BCUT2D eigenvalue weighted by molar-refractivity contribution is -0.121. The van der Waals surface area contributed by atoms with Crippen molar-refractivity contribution in [3.8, 4) is 5.75 Å². The summed E-state index contributed by atoms with van der Waals surface area (Å²) in [6.07, 6.45) is 4.45. The Hall–Kier alpha value is -3.53. The zero-order chi connectivity index (χ0) is 22.3. The molecule has 4 heteroatoms. The summed E-state index contributed by atoms with van der Waals surface area (Å²) in [5, 5.41) is 4.29. The van der Waals surface area contributed by atoms with Crippen molar-refractivity contribution in [1.29, 1.82) is 0 Å². The average Bonchev–Trinajstić information content (AvgIpc) is 3.15. The fourth-order valence-electron chi connectivity index (χ4n) is 4.23. The maximum absolute atomic E-state index is 12.4. The molecule has 4 nitrogen and oxygen atoms in total. The summed E-state index contributed by atoms with van der Waals surface area (Å²) in [6.45, 7) is 3.46. The monoisotopic (exact) mass is 426 g/mol. The standard InChI is InChI=1S/C28H30N2O2/c1-21-9-7-10-22(17-21)19-30-20-24(25-13-4-5-14-26(25)30)12-8-16-28(31)29-18-23-11-3-6-15-27(23)32-2/h3-7,9-11,13-15,17,20H,8,12,16,18-19H2,1-2H3,(H,29,31). The van der Waals surface area contributed by atoms with E-state index in [1.807, 2.05) is 24.3 Å². The number of nitrogens with zero attached hydrogens (tertiary/aromatic N) is 1. The molecule has 32 heavy (non-hydrogen) atoms. The molecule has 0 bridgehead atoms. The number of aryl methyl sites for hydroxylation is 2. The van der Waals surface area contributed by atoms with Crippen LogP contribution in [0.1, 0.15) is 35.1 Å². The molecule has 1 amide bonds. The van der Waals surface area contributed by atoms with E-state index in [4.69, 9.17) is 4.74 Å². The molecule has 0 radical (unpaired) electrons. The van der Waals surface area contributed by atoms with E-state index in [2.05, 4.69) is 71.5 Å². The van der Waals surface area contributed by atoms with Gasteiger partial charge in [-0.2, -0.15) is 0 Å². The SMILES string of the molecule is COc1ccccc1CNC(=O)CCCc1cn(Cc2cccc(C)c2)c2ccccc12. The second kappa shape index (κ2) is 10.2. The molecule has 0 aliphatic rings. The molecule has 3 aromatic carbocycles. The lowest BCUT2D eigenvalue weighted by atomic mass is 10.1. The Morgan fingerprint density at radius 3 is 2.62 bits per heavy atom. The Kier molecular flexibility index (Phi) is 6.90. The van der Waals surface area contributed by atoms with Crippen LogP contribution in [0, 0.1) is 6.92 Å². The highest BCUT2D eigenvalue weighted by molar-refractivity contribution is 5.84. The fourth-order valence-corrected chi connectivity index (χ4v) is 4.23. The van der Waals surface area contributed by atoms with Gasteiger partial charge in [-0.05, 0) is 43.0 Å². The number of benzene rings is 3. The first-order valence-electron chi connectivity index (χ1n) is 11.1. The molecule has 0 unspecified atom stereocenters. The van der Waals surface area contributed by atoms with E-state index in [9.17, 15) is 4.79 Å². The molecule has 0 aliphatic carbocycles. The van der Waals surface area contributed by atoms with E-state index in [0.717, 1.165) is 30.7 Å². The number of carbonyl (C=O) groups excluding carboxylic acids is 1. The van der Waals surface area contributed by atoms with Crippen LogP contribution in [-0.2, 0) is 24.3 Å². The topological polar surface area (TPSA) is 43.3 Å². The first-order valence-corrected chi connectivity index (χ1v) is 11.1. The van der Waals surface area contributed by atoms with Crippen LogP contribution in [0.25, 0.3) is 10.9 Å². The lowest BCUT2D eigenvalue weighted by Crippen LogP contribution is -2.22. The van der Waals surface area contributed by atoms with Gasteiger partial charge < -0.3 is 14.6 Å². The number of amides is 1. The number of carbonyl (C=O) groups is 1. The molecule has 0 atom stereocenters. The van der Waals surface area contributed by atoms with Gasteiger partial charge in [0.05, 0.1) is 7.11 Å². The van der Waals surface area contributed by atoms with Crippen molar-refractivity contribution in [3.05, 3.63) is 101 Å². The third-order valence-electron chi connectivity index (χ3n) is 5.82. The Balaban J connectivity index is 1.37. The number of aromatic nitrogens is 1. The molecule has 4 aromatic rings. The number of ether oxygens (including phenoxy) is 1. The molecule has 1 N–H and O–H groups in total. The molecule has 164 valence electrons. The van der Waals surface area contributed by atoms with E-state index in [0.29, 0.717) is 13.0 Å². The summed E-state index contributed by atoms with van der Waals surface area (Å²) in [7, 11) is 1.65. The van der Waals surface area contributed by atoms with E-state index in [-0.39, 0.29) is 5.91 Å². The van der Waals surface area contributed by atoms with E-state index in [1.165, 1.54) is 27.6 Å². The van der Waals surface area contributed by atoms with Crippen molar-refractivity contribution < 1.29 is 9.53 Å². The highest BCUT2D eigenvalue weighted by atomic mass is 16.5. The number of methoxy groups -OCH3 is 1. The van der Waals surface area contributed by atoms with Crippen LogP contribution in [0.2, 0.25) is 0 Å². The minimum Gasteiger partial charge on any atom is -0.496 e. The molecule has 0 aliphatic heterocycles. The van der Waals surface area contributed by atoms with Crippen LogP contribution in [0.5, 0.6) is 5.75 Å². The average molecular weight is 427 g/mol. The number of nitrogens with one attached hydrogen (secondary N) is 1. The van der Waals surface area contributed by atoms with Gasteiger partial charge in [0, 0.05) is 42.2 Å². The number of hydrogen-bond acceptors (Lipinski definition) is 2. The highest BCUT2D eigenvalue weighted by Gasteiger charge is 2.10. The Morgan fingerprint density at radius 2 is 1.78 bits per heavy atom. The Bertz CT molecular complexity index is 1210. The van der Waals surface area contributed by atoms with Gasteiger partial charge in [0.1, 0.15) is 5.75 Å². The van der Waals surface area contributed by atoms with Gasteiger partial charge in [0.15, 0.2) is 0 Å². The molecule has 1 aromatic heterocycles. The minimum absolute atomic E-state index is 0.0689.